The van der Waals surface area contributed by atoms with E-state index in [0.29, 0.717) is 6.04 Å². The lowest BCUT2D eigenvalue weighted by atomic mass is 10.2. The molecule has 2 nitrogen and oxygen atoms in total. The maximum absolute atomic E-state index is 3.11. The van der Waals surface area contributed by atoms with E-state index in [2.05, 4.69) is 29.5 Å². The van der Waals surface area contributed by atoms with E-state index in [9.17, 15) is 0 Å². The van der Waals surface area contributed by atoms with Crippen LogP contribution in [0.5, 0.6) is 0 Å². The Balaban J connectivity index is 2.20. The highest BCUT2D eigenvalue weighted by Crippen LogP contribution is 2.07. The second kappa shape index (κ2) is 2.18. The smallest absolute Gasteiger partial charge is 0.0605 e. The molecule has 0 saturated carbocycles. The molecule has 0 saturated heterocycles. The van der Waals surface area contributed by atoms with Gasteiger partial charge in [0.25, 0.3) is 0 Å². The van der Waals surface area contributed by atoms with Gasteiger partial charge >= 0.3 is 0 Å². The normalized spacial score (nSPS) is 25.8. The Bertz CT molecular complexity index is 98.7. The van der Waals surface area contributed by atoms with Gasteiger partial charge in [-0.25, -0.2) is 0 Å². The molecule has 0 fully saturated rings. The van der Waals surface area contributed by atoms with Crippen LogP contribution in [0, 0.1) is 0 Å². The molecule has 0 aromatic heterocycles. The molecule has 0 amide bonds. The lowest BCUT2D eigenvalue weighted by molar-refractivity contribution is 0.328. The Morgan fingerprint density at radius 3 is 2.62 bits per heavy atom. The first-order chi connectivity index (χ1) is 3.84. The van der Waals surface area contributed by atoms with Crippen molar-refractivity contribution in [3.8, 4) is 0 Å². The van der Waals surface area contributed by atoms with Gasteiger partial charge in [0, 0.05) is 13.6 Å². The van der Waals surface area contributed by atoms with Crippen molar-refractivity contribution >= 4 is 0 Å². The molecular weight excluding hydrogens is 100 g/mol. The summed E-state index contributed by atoms with van der Waals surface area (Å²) in [4.78, 5) is 2.19. The van der Waals surface area contributed by atoms with Crippen molar-refractivity contribution < 1.29 is 0 Å². The van der Waals surface area contributed by atoms with Crippen LogP contribution < -0.4 is 5.32 Å². The number of hydrogen-bond donors (Lipinski definition) is 1. The number of hydrogen-bond acceptors (Lipinski definition) is 2. The zero-order chi connectivity index (χ0) is 5.98. The molecule has 1 aliphatic rings. The molecule has 8 heavy (non-hydrogen) atoms. The summed E-state index contributed by atoms with van der Waals surface area (Å²) in [6, 6.07) is 0.639. The molecule has 1 aliphatic heterocycles. The molecule has 1 heterocycles. The van der Waals surface area contributed by atoms with Crippen LogP contribution in [0.4, 0.5) is 0 Å². The summed E-state index contributed by atoms with van der Waals surface area (Å²) in [6.07, 6.45) is 4.28. The van der Waals surface area contributed by atoms with Crippen molar-refractivity contribution in [3.63, 3.8) is 0 Å². The Hall–Kier alpha value is -0.500. The average Bonchev–Trinajstić information content (AvgIpc) is 1.79. The molecule has 46 valence electrons. The number of likely N-dealkylation sites (N-methyl/N-ethyl adjacent to an activating group) is 2. The van der Waals surface area contributed by atoms with Gasteiger partial charge < -0.3 is 10.2 Å². The highest BCUT2D eigenvalue weighted by Gasteiger charge is 2.13. The second-order valence-corrected chi connectivity index (χ2v) is 2.13. The number of rotatable bonds is 2. The number of nitrogens with zero attached hydrogens (tertiary/aromatic N) is 1. The summed E-state index contributed by atoms with van der Waals surface area (Å²) in [6.45, 7) is 1.06. The summed E-state index contributed by atoms with van der Waals surface area (Å²) >= 11 is 0. The van der Waals surface area contributed by atoms with Crippen LogP contribution in [0.15, 0.2) is 12.3 Å². The lowest BCUT2D eigenvalue weighted by Gasteiger charge is -2.31. The molecule has 0 aliphatic carbocycles. The minimum absolute atomic E-state index is 0.639. The fraction of sp³-hybridized carbons (Fsp3) is 0.667. The average molecular weight is 112 g/mol. The van der Waals surface area contributed by atoms with Crippen LogP contribution in [0.1, 0.15) is 0 Å². The van der Waals surface area contributed by atoms with Crippen LogP contribution in [0.2, 0.25) is 0 Å². The van der Waals surface area contributed by atoms with Crippen molar-refractivity contribution in [1.82, 2.24) is 10.2 Å². The Morgan fingerprint density at radius 1 is 1.75 bits per heavy atom. The molecule has 0 radical (unpaired) electrons. The highest BCUT2D eigenvalue weighted by atomic mass is 15.2. The summed E-state index contributed by atoms with van der Waals surface area (Å²) in [5.74, 6) is 0. The van der Waals surface area contributed by atoms with E-state index in [-0.39, 0.29) is 0 Å². The highest BCUT2D eigenvalue weighted by molar-refractivity contribution is 5.06. The third-order valence-corrected chi connectivity index (χ3v) is 1.48. The van der Waals surface area contributed by atoms with Gasteiger partial charge in [-0.15, -0.1) is 0 Å². The fourth-order valence-electron chi connectivity index (χ4n) is 0.801. The van der Waals surface area contributed by atoms with E-state index < -0.39 is 0 Å². The molecule has 0 bridgehead atoms. The van der Waals surface area contributed by atoms with Crippen LogP contribution in [-0.4, -0.2) is 31.6 Å². The summed E-state index contributed by atoms with van der Waals surface area (Å²) < 4.78 is 0. The van der Waals surface area contributed by atoms with Crippen LogP contribution >= 0.6 is 0 Å². The molecule has 1 atom stereocenters. The molecule has 0 aromatic rings. The zero-order valence-corrected chi connectivity index (χ0v) is 5.39. The molecule has 1 unspecified atom stereocenters. The van der Waals surface area contributed by atoms with Gasteiger partial charge in [-0.1, -0.05) is 0 Å². The third kappa shape index (κ3) is 0.842. The summed E-state index contributed by atoms with van der Waals surface area (Å²) in [5, 5.41) is 3.11. The van der Waals surface area contributed by atoms with Gasteiger partial charge in [0.2, 0.25) is 0 Å². The molecule has 2 heteroatoms. The number of nitrogens with one attached hydrogen (secondary N) is 1. The molecular formula is C6H12N2. The quantitative estimate of drug-likeness (QED) is 0.542. The van der Waals surface area contributed by atoms with Crippen molar-refractivity contribution in [2.45, 2.75) is 6.04 Å². The van der Waals surface area contributed by atoms with Gasteiger partial charge in [-0.05, 0) is 19.3 Å². The van der Waals surface area contributed by atoms with Gasteiger partial charge in [-0.2, -0.15) is 0 Å². The van der Waals surface area contributed by atoms with Crippen LogP contribution in [0.3, 0.4) is 0 Å². The zero-order valence-electron chi connectivity index (χ0n) is 5.39. The van der Waals surface area contributed by atoms with E-state index in [1.807, 2.05) is 7.05 Å². The first-order valence-corrected chi connectivity index (χ1v) is 2.89. The molecule has 0 aromatic carbocycles. The second-order valence-electron chi connectivity index (χ2n) is 2.13. The van der Waals surface area contributed by atoms with Crippen molar-refractivity contribution in [1.29, 1.82) is 0 Å². The van der Waals surface area contributed by atoms with E-state index >= 15 is 0 Å². The van der Waals surface area contributed by atoms with Gasteiger partial charge in [0.15, 0.2) is 0 Å². The Kier molecular flexibility index (Phi) is 1.53. The van der Waals surface area contributed by atoms with Gasteiger partial charge in [-0.3, -0.25) is 0 Å². The van der Waals surface area contributed by atoms with Crippen molar-refractivity contribution in [3.05, 3.63) is 12.3 Å². The molecule has 1 rings (SSSR count). The lowest BCUT2D eigenvalue weighted by Crippen LogP contribution is -2.40. The van der Waals surface area contributed by atoms with Gasteiger partial charge in [0.1, 0.15) is 0 Å². The summed E-state index contributed by atoms with van der Waals surface area (Å²) in [7, 11) is 4.06. The molecule has 0 spiro atoms. The largest absolute Gasteiger partial charge is 0.373 e. The fourth-order valence-corrected chi connectivity index (χ4v) is 0.801. The van der Waals surface area contributed by atoms with Gasteiger partial charge in [0.05, 0.1) is 6.04 Å². The van der Waals surface area contributed by atoms with E-state index in [1.165, 1.54) is 0 Å². The minimum atomic E-state index is 0.639. The van der Waals surface area contributed by atoms with Crippen LogP contribution in [0.25, 0.3) is 0 Å². The van der Waals surface area contributed by atoms with E-state index in [0.717, 1.165) is 6.54 Å². The topological polar surface area (TPSA) is 15.3 Å². The maximum Gasteiger partial charge on any atom is 0.0605 e. The summed E-state index contributed by atoms with van der Waals surface area (Å²) in [5.41, 5.74) is 0. The minimum Gasteiger partial charge on any atom is -0.373 e. The maximum atomic E-state index is 3.11. The monoisotopic (exact) mass is 112 g/mol. The van der Waals surface area contributed by atoms with Crippen LogP contribution in [-0.2, 0) is 0 Å². The first-order valence-electron chi connectivity index (χ1n) is 2.89. The van der Waals surface area contributed by atoms with E-state index in [4.69, 9.17) is 0 Å². The standard InChI is InChI=1S/C6H12N2/c1-7-5-6-3-4-8(6)2/h3-4,6-7H,5H2,1-2H3. The SMILES string of the molecule is CNCC1C=CN1C. The predicted octanol–water partition coefficient (Wildman–Crippen LogP) is 0.0335. The van der Waals surface area contributed by atoms with E-state index in [1.54, 1.807) is 0 Å². The first kappa shape index (κ1) is 5.63. The third-order valence-electron chi connectivity index (χ3n) is 1.48. The predicted molar refractivity (Wildman–Crippen MR) is 34.6 cm³/mol. The van der Waals surface area contributed by atoms with Crippen molar-refractivity contribution in [2.75, 3.05) is 20.6 Å². The Morgan fingerprint density at radius 2 is 2.50 bits per heavy atom. The van der Waals surface area contributed by atoms with Crippen molar-refractivity contribution in [2.24, 2.45) is 0 Å². The molecule has 1 N–H and O–H groups in total. The Labute approximate surface area is 50.2 Å².